The van der Waals surface area contributed by atoms with E-state index in [2.05, 4.69) is 4.99 Å². The van der Waals surface area contributed by atoms with E-state index in [1.54, 1.807) is 12.1 Å². The first-order chi connectivity index (χ1) is 12.9. The molecule has 10 heteroatoms. The van der Waals surface area contributed by atoms with E-state index in [0.29, 0.717) is 5.52 Å². The average molecular weight is 406 g/mol. The third kappa shape index (κ3) is 3.88. The van der Waals surface area contributed by atoms with Crippen LogP contribution in [-0.2, 0) is 16.1 Å². The lowest BCUT2D eigenvalue weighted by Gasteiger charge is -2.03. The second kappa shape index (κ2) is 7.68. The molecule has 0 saturated carbocycles. The minimum absolute atomic E-state index is 0.149. The second-order valence-corrected chi connectivity index (χ2v) is 6.80. The molecule has 1 aromatic heterocycles. The van der Waals surface area contributed by atoms with E-state index in [0.717, 1.165) is 10.8 Å². The lowest BCUT2D eigenvalue weighted by molar-refractivity contribution is -0.385. The first kappa shape index (κ1) is 18.7. The van der Waals surface area contributed by atoms with Crippen LogP contribution in [0.2, 0.25) is 5.02 Å². The molecule has 27 heavy (non-hydrogen) atoms. The number of carbonyl (C=O) groups excluding carboxylic acids is 2. The number of methoxy groups -OCH3 is 1. The highest BCUT2D eigenvalue weighted by molar-refractivity contribution is 7.16. The van der Waals surface area contributed by atoms with Gasteiger partial charge in [0.2, 0.25) is 0 Å². The van der Waals surface area contributed by atoms with Gasteiger partial charge in [0.25, 0.3) is 11.6 Å². The van der Waals surface area contributed by atoms with Crippen LogP contribution in [0.3, 0.4) is 0 Å². The predicted molar refractivity (Wildman–Crippen MR) is 99.8 cm³/mol. The van der Waals surface area contributed by atoms with Crippen LogP contribution in [0.25, 0.3) is 10.2 Å². The third-order valence-electron chi connectivity index (χ3n) is 3.69. The van der Waals surface area contributed by atoms with Crippen molar-refractivity contribution in [3.8, 4) is 0 Å². The number of esters is 1. The smallest absolute Gasteiger partial charge is 0.325 e. The monoisotopic (exact) mass is 405 g/mol. The van der Waals surface area contributed by atoms with E-state index in [1.807, 2.05) is 12.1 Å². The number of hydrogen-bond acceptors (Lipinski definition) is 6. The number of ether oxygens (including phenoxy) is 1. The topological polar surface area (TPSA) is 104 Å². The molecule has 2 aromatic carbocycles. The maximum absolute atomic E-state index is 12.6. The summed E-state index contributed by atoms with van der Waals surface area (Å²) in [6, 6.07) is 10.9. The number of nitrogens with zero attached hydrogens (tertiary/aromatic N) is 3. The van der Waals surface area contributed by atoms with Gasteiger partial charge in [-0.1, -0.05) is 35.1 Å². The van der Waals surface area contributed by atoms with Crippen LogP contribution in [0, 0.1) is 10.1 Å². The molecule has 3 rings (SSSR count). The fourth-order valence-corrected chi connectivity index (χ4v) is 3.64. The van der Waals surface area contributed by atoms with Crippen LogP contribution in [-0.4, -0.2) is 28.5 Å². The molecule has 0 aliphatic carbocycles. The van der Waals surface area contributed by atoms with Crippen molar-refractivity contribution in [2.45, 2.75) is 6.54 Å². The van der Waals surface area contributed by atoms with Gasteiger partial charge >= 0.3 is 5.97 Å². The molecule has 138 valence electrons. The fourth-order valence-electron chi connectivity index (χ4n) is 2.44. The zero-order valence-electron chi connectivity index (χ0n) is 13.9. The highest BCUT2D eigenvalue weighted by Gasteiger charge is 2.21. The van der Waals surface area contributed by atoms with Gasteiger partial charge in [-0.25, -0.2) is 0 Å². The van der Waals surface area contributed by atoms with Crippen LogP contribution in [0.15, 0.2) is 47.5 Å². The molecule has 8 nitrogen and oxygen atoms in total. The van der Waals surface area contributed by atoms with Gasteiger partial charge in [0.1, 0.15) is 12.1 Å². The van der Waals surface area contributed by atoms with Crippen molar-refractivity contribution in [1.82, 2.24) is 4.57 Å². The van der Waals surface area contributed by atoms with Crippen LogP contribution in [0.5, 0.6) is 0 Å². The Bertz CT molecular complexity index is 1140. The number of nitro groups is 1. The molecule has 0 unspecified atom stereocenters. The molecule has 0 atom stereocenters. The van der Waals surface area contributed by atoms with Gasteiger partial charge in [-0.2, -0.15) is 4.99 Å². The number of carbonyl (C=O) groups is 2. The van der Waals surface area contributed by atoms with E-state index in [9.17, 15) is 19.7 Å². The molecule has 0 fully saturated rings. The molecule has 0 aliphatic heterocycles. The summed E-state index contributed by atoms with van der Waals surface area (Å²) >= 11 is 7.05. The normalized spacial score (nSPS) is 11.6. The van der Waals surface area contributed by atoms with Gasteiger partial charge in [-0.15, -0.1) is 0 Å². The van der Waals surface area contributed by atoms with Crippen molar-refractivity contribution >= 4 is 50.7 Å². The molecule has 0 radical (unpaired) electrons. The minimum atomic E-state index is -0.825. The third-order valence-corrected chi connectivity index (χ3v) is 4.98. The molecule has 0 saturated heterocycles. The molecular weight excluding hydrogens is 394 g/mol. The number of rotatable bonds is 4. The van der Waals surface area contributed by atoms with E-state index in [1.165, 1.54) is 35.1 Å². The molecule has 0 bridgehead atoms. The molecule has 0 N–H and O–H groups in total. The number of thiazole rings is 1. The number of fused-ring (bicyclic) bond motifs is 1. The Labute approximate surface area is 161 Å². The number of hydrogen-bond donors (Lipinski definition) is 0. The van der Waals surface area contributed by atoms with Crippen LogP contribution >= 0.6 is 22.9 Å². The van der Waals surface area contributed by atoms with Gasteiger partial charge in [-0.05, 0) is 24.3 Å². The number of para-hydroxylation sites is 1. The zero-order valence-corrected chi connectivity index (χ0v) is 15.5. The van der Waals surface area contributed by atoms with E-state index in [-0.39, 0.29) is 21.9 Å². The van der Waals surface area contributed by atoms with Gasteiger partial charge in [0.05, 0.1) is 22.2 Å². The van der Waals surface area contributed by atoms with Crippen molar-refractivity contribution in [1.29, 1.82) is 0 Å². The Hall–Kier alpha value is -3.04. The lowest BCUT2D eigenvalue weighted by Crippen LogP contribution is -2.22. The number of aromatic nitrogens is 1. The van der Waals surface area contributed by atoms with Crippen LogP contribution in [0.4, 0.5) is 5.69 Å². The fraction of sp³-hybridized carbons (Fsp3) is 0.118. The van der Waals surface area contributed by atoms with Gasteiger partial charge in [0.15, 0.2) is 4.80 Å². The molecule has 0 spiro atoms. The van der Waals surface area contributed by atoms with Crippen molar-refractivity contribution in [3.63, 3.8) is 0 Å². The van der Waals surface area contributed by atoms with Crippen LogP contribution in [0.1, 0.15) is 10.4 Å². The van der Waals surface area contributed by atoms with Crippen molar-refractivity contribution in [2.24, 2.45) is 4.99 Å². The summed E-state index contributed by atoms with van der Waals surface area (Å²) in [6.07, 6.45) is 0. The van der Waals surface area contributed by atoms with Crippen molar-refractivity contribution in [3.05, 3.63) is 68.0 Å². The average Bonchev–Trinajstić information content (AvgIpc) is 2.98. The Morgan fingerprint density at radius 3 is 2.74 bits per heavy atom. The standard InChI is InChI=1S/C17H12ClN3O5S/c1-26-15(22)9-20-13-4-2-3-5-14(13)27-17(20)19-16(23)11-8-10(18)6-7-12(11)21(24)25/h2-8H,9H2,1H3. The van der Waals surface area contributed by atoms with Crippen molar-refractivity contribution in [2.75, 3.05) is 7.11 Å². The summed E-state index contributed by atoms with van der Waals surface area (Å²) in [5.74, 6) is -1.34. The summed E-state index contributed by atoms with van der Waals surface area (Å²) in [7, 11) is 1.26. The number of halogens is 1. The second-order valence-electron chi connectivity index (χ2n) is 5.35. The highest BCUT2D eigenvalue weighted by atomic mass is 35.5. The maximum atomic E-state index is 12.6. The van der Waals surface area contributed by atoms with E-state index < -0.39 is 22.5 Å². The van der Waals surface area contributed by atoms with Crippen LogP contribution < -0.4 is 4.80 Å². The molecular formula is C17H12ClN3O5S. The Kier molecular flexibility index (Phi) is 5.33. The summed E-state index contributed by atoms with van der Waals surface area (Å²) in [4.78, 5) is 39.1. The molecule has 1 amide bonds. The summed E-state index contributed by atoms with van der Waals surface area (Å²) in [5, 5.41) is 11.4. The molecule has 1 heterocycles. The molecule has 3 aromatic rings. The highest BCUT2D eigenvalue weighted by Crippen LogP contribution is 2.24. The van der Waals surface area contributed by atoms with Gasteiger partial charge in [0, 0.05) is 11.1 Å². The van der Waals surface area contributed by atoms with Gasteiger partial charge < -0.3 is 9.30 Å². The zero-order chi connectivity index (χ0) is 19.6. The number of nitro benzene ring substituents is 1. The Balaban J connectivity index is 2.17. The lowest BCUT2D eigenvalue weighted by atomic mass is 10.2. The summed E-state index contributed by atoms with van der Waals surface area (Å²) < 4.78 is 7.02. The summed E-state index contributed by atoms with van der Waals surface area (Å²) in [5.41, 5.74) is 0.0726. The maximum Gasteiger partial charge on any atom is 0.325 e. The Morgan fingerprint density at radius 1 is 1.30 bits per heavy atom. The number of amides is 1. The minimum Gasteiger partial charge on any atom is -0.468 e. The summed E-state index contributed by atoms with van der Waals surface area (Å²) in [6.45, 7) is -0.149. The van der Waals surface area contributed by atoms with Gasteiger partial charge in [-0.3, -0.25) is 19.7 Å². The molecule has 0 aliphatic rings. The van der Waals surface area contributed by atoms with E-state index >= 15 is 0 Å². The largest absolute Gasteiger partial charge is 0.468 e. The first-order valence-corrected chi connectivity index (χ1v) is 8.78. The van der Waals surface area contributed by atoms with E-state index in [4.69, 9.17) is 16.3 Å². The quantitative estimate of drug-likeness (QED) is 0.376. The predicted octanol–water partition coefficient (Wildman–Crippen LogP) is 3.18. The number of benzene rings is 2. The first-order valence-electron chi connectivity index (χ1n) is 7.59. The van der Waals surface area contributed by atoms with Crippen molar-refractivity contribution < 1.29 is 19.2 Å². The Morgan fingerprint density at radius 2 is 2.04 bits per heavy atom. The SMILES string of the molecule is COC(=O)Cn1c(=NC(=O)c2cc(Cl)ccc2[N+](=O)[O-])sc2ccccc21.